The number of benzene rings is 2. The van der Waals surface area contributed by atoms with Crippen LogP contribution in [-0.4, -0.2) is 18.5 Å². The normalized spacial score (nSPS) is 12.6. The van der Waals surface area contributed by atoms with Gasteiger partial charge in [0.2, 0.25) is 0 Å². The SMILES string of the molecule is C[C@H](NC(=O)COC(=O)c1ccc(C(F)(F)F)cc1N)c1cc2ccccc2o1. The molecular formula is C20H17F3N2O4. The minimum absolute atomic E-state index is 0.254. The van der Waals surface area contributed by atoms with Crippen molar-refractivity contribution in [1.29, 1.82) is 0 Å². The molecule has 152 valence electrons. The molecule has 0 saturated carbocycles. The summed E-state index contributed by atoms with van der Waals surface area (Å²) in [6.45, 7) is 1.08. The number of amides is 1. The van der Waals surface area contributed by atoms with Crippen LogP contribution in [0.2, 0.25) is 0 Å². The van der Waals surface area contributed by atoms with E-state index in [9.17, 15) is 22.8 Å². The zero-order chi connectivity index (χ0) is 21.2. The van der Waals surface area contributed by atoms with Gasteiger partial charge in [-0.25, -0.2) is 4.79 Å². The van der Waals surface area contributed by atoms with Gasteiger partial charge in [0.1, 0.15) is 11.3 Å². The number of fused-ring (bicyclic) bond motifs is 1. The van der Waals surface area contributed by atoms with Crippen molar-refractivity contribution < 1.29 is 31.9 Å². The number of para-hydroxylation sites is 1. The number of carbonyl (C=O) groups excluding carboxylic acids is 2. The molecule has 9 heteroatoms. The van der Waals surface area contributed by atoms with Crippen LogP contribution in [0.15, 0.2) is 52.9 Å². The van der Waals surface area contributed by atoms with Crippen LogP contribution in [-0.2, 0) is 15.7 Å². The number of rotatable bonds is 5. The van der Waals surface area contributed by atoms with Gasteiger partial charge in [0.15, 0.2) is 6.61 Å². The molecule has 0 aliphatic heterocycles. The Labute approximate surface area is 163 Å². The van der Waals surface area contributed by atoms with Crippen molar-refractivity contribution in [2.75, 3.05) is 12.3 Å². The molecule has 2 aromatic carbocycles. The smallest absolute Gasteiger partial charge is 0.416 e. The number of nitrogens with two attached hydrogens (primary N) is 1. The highest BCUT2D eigenvalue weighted by Gasteiger charge is 2.31. The Morgan fingerprint density at radius 2 is 1.90 bits per heavy atom. The van der Waals surface area contributed by atoms with E-state index in [-0.39, 0.29) is 11.3 Å². The van der Waals surface area contributed by atoms with Crippen LogP contribution in [0.4, 0.5) is 18.9 Å². The molecule has 0 unspecified atom stereocenters. The van der Waals surface area contributed by atoms with Crippen LogP contribution in [0.3, 0.4) is 0 Å². The van der Waals surface area contributed by atoms with E-state index >= 15 is 0 Å². The number of carbonyl (C=O) groups is 2. The highest BCUT2D eigenvalue weighted by Crippen LogP contribution is 2.31. The van der Waals surface area contributed by atoms with E-state index in [0.717, 1.165) is 17.5 Å². The summed E-state index contributed by atoms with van der Waals surface area (Å²) in [6.07, 6.45) is -4.58. The summed E-state index contributed by atoms with van der Waals surface area (Å²) in [5.41, 5.74) is 4.55. The third kappa shape index (κ3) is 4.68. The largest absolute Gasteiger partial charge is 0.459 e. The molecule has 0 spiro atoms. The van der Waals surface area contributed by atoms with Crippen LogP contribution in [0.25, 0.3) is 11.0 Å². The molecule has 0 fully saturated rings. The van der Waals surface area contributed by atoms with Gasteiger partial charge >= 0.3 is 12.1 Å². The Morgan fingerprint density at radius 1 is 1.17 bits per heavy atom. The van der Waals surface area contributed by atoms with Crippen molar-refractivity contribution in [1.82, 2.24) is 5.32 Å². The molecule has 0 saturated heterocycles. The predicted molar refractivity (Wildman–Crippen MR) is 98.9 cm³/mol. The number of nitrogen functional groups attached to an aromatic ring is 1. The molecule has 1 amide bonds. The van der Waals surface area contributed by atoms with E-state index in [4.69, 9.17) is 14.9 Å². The number of ether oxygens (including phenoxy) is 1. The summed E-state index contributed by atoms with van der Waals surface area (Å²) in [5.74, 6) is -1.07. The maximum absolute atomic E-state index is 12.7. The van der Waals surface area contributed by atoms with Gasteiger partial charge in [0, 0.05) is 11.1 Å². The number of furan rings is 1. The molecule has 3 rings (SSSR count). The molecule has 0 aliphatic carbocycles. The first kappa shape index (κ1) is 20.2. The monoisotopic (exact) mass is 406 g/mol. The highest BCUT2D eigenvalue weighted by atomic mass is 19.4. The van der Waals surface area contributed by atoms with Crippen LogP contribution in [0, 0.1) is 0 Å². The number of hydrogen-bond donors (Lipinski definition) is 2. The van der Waals surface area contributed by atoms with Crippen molar-refractivity contribution in [2.45, 2.75) is 19.1 Å². The van der Waals surface area contributed by atoms with E-state index in [2.05, 4.69) is 5.32 Å². The molecule has 3 aromatic rings. The number of nitrogens with one attached hydrogen (secondary N) is 1. The molecule has 1 aromatic heterocycles. The van der Waals surface area contributed by atoms with E-state index in [0.29, 0.717) is 17.4 Å². The Morgan fingerprint density at radius 3 is 2.55 bits per heavy atom. The second kappa shape index (κ2) is 7.86. The quantitative estimate of drug-likeness (QED) is 0.492. The third-order valence-corrected chi connectivity index (χ3v) is 4.18. The topological polar surface area (TPSA) is 94.6 Å². The fraction of sp³-hybridized carbons (Fsp3) is 0.200. The van der Waals surface area contributed by atoms with Gasteiger partial charge < -0.3 is 20.2 Å². The second-order valence-electron chi connectivity index (χ2n) is 6.35. The predicted octanol–water partition coefficient (Wildman–Crippen LogP) is 4.07. The molecule has 1 atom stereocenters. The third-order valence-electron chi connectivity index (χ3n) is 4.18. The van der Waals surface area contributed by atoms with Gasteiger partial charge in [0.05, 0.1) is 17.2 Å². The molecule has 0 bridgehead atoms. The Kier molecular flexibility index (Phi) is 5.49. The van der Waals surface area contributed by atoms with Crippen molar-refractivity contribution >= 4 is 28.5 Å². The standard InChI is InChI=1S/C20H17F3N2O4/c1-11(17-8-12-4-2-3-5-16(12)29-17)25-18(26)10-28-19(27)14-7-6-13(9-15(14)24)20(21,22)23/h2-9,11H,10,24H2,1H3,(H,25,26)/t11-/m0/s1. The first-order valence-electron chi connectivity index (χ1n) is 8.57. The van der Waals surface area contributed by atoms with Gasteiger partial charge in [-0.1, -0.05) is 18.2 Å². The van der Waals surface area contributed by atoms with Gasteiger partial charge in [-0.15, -0.1) is 0 Å². The van der Waals surface area contributed by atoms with Crippen molar-refractivity contribution in [3.05, 3.63) is 65.4 Å². The molecule has 6 nitrogen and oxygen atoms in total. The zero-order valence-electron chi connectivity index (χ0n) is 15.2. The fourth-order valence-corrected chi connectivity index (χ4v) is 2.70. The number of halogens is 3. The molecule has 29 heavy (non-hydrogen) atoms. The Balaban J connectivity index is 1.58. The van der Waals surface area contributed by atoms with Crippen molar-refractivity contribution in [2.24, 2.45) is 0 Å². The lowest BCUT2D eigenvalue weighted by molar-refractivity contribution is -0.137. The Hall–Kier alpha value is -3.49. The van der Waals surface area contributed by atoms with Gasteiger partial charge in [0.25, 0.3) is 5.91 Å². The highest BCUT2D eigenvalue weighted by molar-refractivity contribution is 5.96. The van der Waals surface area contributed by atoms with E-state index < -0.39 is 36.3 Å². The van der Waals surface area contributed by atoms with Crippen molar-refractivity contribution in [3.8, 4) is 0 Å². The molecule has 3 N–H and O–H groups in total. The zero-order valence-corrected chi connectivity index (χ0v) is 15.2. The Bertz CT molecular complexity index is 1030. The summed E-state index contributed by atoms with van der Waals surface area (Å²) in [5, 5.41) is 3.50. The fourth-order valence-electron chi connectivity index (χ4n) is 2.70. The lowest BCUT2D eigenvalue weighted by Gasteiger charge is -2.13. The first-order chi connectivity index (χ1) is 13.6. The molecular weight excluding hydrogens is 389 g/mol. The number of hydrogen-bond acceptors (Lipinski definition) is 5. The lowest BCUT2D eigenvalue weighted by atomic mass is 10.1. The average Bonchev–Trinajstić information content (AvgIpc) is 3.09. The van der Waals surface area contributed by atoms with Crippen LogP contribution in [0.1, 0.15) is 34.6 Å². The summed E-state index contributed by atoms with van der Waals surface area (Å²) in [4.78, 5) is 24.1. The van der Waals surface area contributed by atoms with Crippen LogP contribution < -0.4 is 11.1 Å². The van der Waals surface area contributed by atoms with Gasteiger partial charge in [-0.05, 0) is 37.3 Å². The molecule has 1 heterocycles. The second-order valence-corrected chi connectivity index (χ2v) is 6.35. The van der Waals surface area contributed by atoms with E-state index in [1.807, 2.05) is 18.2 Å². The molecule has 0 aliphatic rings. The summed E-state index contributed by atoms with van der Waals surface area (Å²) in [6, 6.07) is 10.9. The van der Waals surface area contributed by atoms with Gasteiger partial charge in [-0.2, -0.15) is 13.2 Å². The average molecular weight is 406 g/mol. The van der Waals surface area contributed by atoms with Crippen LogP contribution >= 0.6 is 0 Å². The summed E-state index contributed by atoms with van der Waals surface area (Å²) >= 11 is 0. The van der Waals surface area contributed by atoms with Crippen LogP contribution in [0.5, 0.6) is 0 Å². The maximum Gasteiger partial charge on any atom is 0.416 e. The number of alkyl halides is 3. The first-order valence-corrected chi connectivity index (χ1v) is 8.57. The van der Waals surface area contributed by atoms with E-state index in [1.54, 1.807) is 19.1 Å². The van der Waals surface area contributed by atoms with Crippen molar-refractivity contribution in [3.63, 3.8) is 0 Å². The maximum atomic E-state index is 12.7. The lowest BCUT2D eigenvalue weighted by Crippen LogP contribution is -2.31. The van der Waals surface area contributed by atoms with E-state index in [1.165, 1.54) is 0 Å². The molecule has 0 radical (unpaired) electrons. The number of anilines is 1. The minimum Gasteiger partial charge on any atom is -0.459 e. The van der Waals surface area contributed by atoms with Gasteiger partial charge in [-0.3, -0.25) is 4.79 Å². The summed E-state index contributed by atoms with van der Waals surface area (Å²) < 4.78 is 48.5. The summed E-state index contributed by atoms with van der Waals surface area (Å²) in [7, 11) is 0. The number of esters is 1. The minimum atomic E-state index is -4.58.